The number of methoxy groups -OCH3 is 1. The largest absolute Gasteiger partial charge is 0.497 e. The van der Waals surface area contributed by atoms with Crippen molar-refractivity contribution in [2.24, 2.45) is 5.92 Å². The van der Waals surface area contributed by atoms with Crippen LogP contribution in [0.15, 0.2) is 24.3 Å². The first-order valence-corrected chi connectivity index (χ1v) is 5.84. The Morgan fingerprint density at radius 1 is 1.38 bits per heavy atom. The highest BCUT2D eigenvalue weighted by molar-refractivity contribution is 5.30. The predicted molar refractivity (Wildman–Crippen MR) is 63.5 cm³/mol. The number of aliphatic hydroxyl groups excluding tert-OH is 1. The van der Waals surface area contributed by atoms with Crippen molar-refractivity contribution in [1.82, 2.24) is 5.32 Å². The molecular formula is C13H19NO2. The summed E-state index contributed by atoms with van der Waals surface area (Å²) in [4.78, 5) is 0. The lowest BCUT2D eigenvalue weighted by molar-refractivity contribution is 0.0887. The minimum atomic E-state index is -0.364. The molecule has 0 amide bonds. The Morgan fingerprint density at radius 2 is 2.12 bits per heavy atom. The first-order valence-electron chi connectivity index (χ1n) is 5.84. The van der Waals surface area contributed by atoms with Gasteiger partial charge in [-0.05, 0) is 49.5 Å². The fourth-order valence-corrected chi connectivity index (χ4v) is 2.26. The van der Waals surface area contributed by atoms with Gasteiger partial charge in [0.15, 0.2) is 0 Å². The molecule has 0 saturated carbocycles. The van der Waals surface area contributed by atoms with E-state index >= 15 is 0 Å². The zero-order chi connectivity index (χ0) is 11.4. The Bertz CT molecular complexity index is 334. The molecule has 1 aliphatic heterocycles. The molecule has 2 rings (SSSR count). The van der Waals surface area contributed by atoms with Gasteiger partial charge in [0.2, 0.25) is 0 Å². The summed E-state index contributed by atoms with van der Waals surface area (Å²) in [6.45, 7) is 2.01. The topological polar surface area (TPSA) is 41.5 Å². The van der Waals surface area contributed by atoms with Crippen molar-refractivity contribution in [2.45, 2.75) is 18.9 Å². The number of hydrogen-bond donors (Lipinski definition) is 2. The lowest BCUT2D eigenvalue weighted by atomic mass is 9.88. The van der Waals surface area contributed by atoms with Gasteiger partial charge in [-0.1, -0.05) is 12.1 Å². The Hall–Kier alpha value is -1.06. The molecule has 0 aromatic heterocycles. The Morgan fingerprint density at radius 3 is 2.81 bits per heavy atom. The summed E-state index contributed by atoms with van der Waals surface area (Å²) in [6.07, 6.45) is 1.72. The zero-order valence-electron chi connectivity index (χ0n) is 9.65. The van der Waals surface area contributed by atoms with Gasteiger partial charge in [-0.15, -0.1) is 0 Å². The number of ether oxygens (including phenoxy) is 1. The highest BCUT2D eigenvalue weighted by Gasteiger charge is 2.22. The fraction of sp³-hybridized carbons (Fsp3) is 0.538. The van der Waals surface area contributed by atoms with Crippen molar-refractivity contribution in [3.05, 3.63) is 29.8 Å². The molecule has 0 bridgehead atoms. The van der Waals surface area contributed by atoms with Crippen LogP contribution in [0.3, 0.4) is 0 Å². The number of nitrogens with one attached hydrogen (secondary N) is 1. The molecule has 0 unspecified atom stereocenters. The first-order chi connectivity index (χ1) is 7.81. The van der Waals surface area contributed by atoms with E-state index in [1.807, 2.05) is 24.3 Å². The van der Waals surface area contributed by atoms with Crippen molar-refractivity contribution < 1.29 is 9.84 Å². The van der Waals surface area contributed by atoms with Crippen molar-refractivity contribution in [1.29, 1.82) is 0 Å². The summed E-state index contributed by atoms with van der Waals surface area (Å²) in [5.74, 6) is 1.18. The lowest BCUT2D eigenvalue weighted by Crippen LogP contribution is -2.30. The third-order valence-electron chi connectivity index (χ3n) is 3.27. The smallest absolute Gasteiger partial charge is 0.119 e. The molecule has 1 fully saturated rings. The van der Waals surface area contributed by atoms with Crippen molar-refractivity contribution in [3.8, 4) is 5.75 Å². The van der Waals surface area contributed by atoms with Crippen LogP contribution in [0.2, 0.25) is 0 Å². The predicted octanol–water partition coefficient (Wildman–Crippen LogP) is 1.73. The van der Waals surface area contributed by atoms with E-state index in [1.165, 1.54) is 0 Å². The second-order valence-corrected chi connectivity index (χ2v) is 4.31. The van der Waals surface area contributed by atoms with Gasteiger partial charge in [-0.2, -0.15) is 0 Å². The summed E-state index contributed by atoms with van der Waals surface area (Å²) in [5.41, 5.74) is 0.964. The van der Waals surface area contributed by atoms with Crippen LogP contribution in [0, 0.1) is 5.92 Å². The molecule has 16 heavy (non-hydrogen) atoms. The minimum absolute atomic E-state index is 0.364. The highest BCUT2D eigenvalue weighted by Crippen LogP contribution is 2.30. The molecule has 1 atom stereocenters. The standard InChI is InChI=1S/C13H19NO2/c1-16-12-4-2-3-11(9-12)13(15)10-5-7-14-8-6-10/h2-4,9-10,13-15H,5-8H2,1H3/t13-/m0/s1. The number of benzene rings is 1. The van der Waals surface area contributed by atoms with Gasteiger partial charge in [0, 0.05) is 0 Å². The average molecular weight is 221 g/mol. The molecule has 1 saturated heterocycles. The van der Waals surface area contributed by atoms with E-state index in [2.05, 4.69) is 5.32 Å². The fourth-order valence-electron chi connectivity index (χ4n) is 2.26. The maximum absolute atomic E-state index is 10.3. The van der Waals surface area contributed by atoms with Crippen LogP contribution in [0.5, 0.6) is 5.75 Å². The van der Waals surface area contributed by atoms with Gasteiger partial charge in [0.1, 0.15) is 5.75 Å². The number of aliphatic hydroxyl groups is 1. The van der Waals surface area contributed by atoms with Crippen LogP contribution in [0.25, 0.3) is 0 Å². The molecule has 0 radical (unpaired) electrons. The van der Waals surface area contributed by atoms with Crippen LogP contribution in [-0.4, -0.2) is 25.3 Å². The van der Waals surface area contributed by atoms with Crippen LogP contribution in [-0.2, 0) is 0 Å². The van der Waals surface area contributed by atoms with Gasteiger partial charge in [0.05, 0.1) is 13.2 Å². The summed E-state index contributed by atoms with van der Waals surface area (Å²) in [7, 11) is 1.65. The summed E-state index contributed by atoms with van der Waals surface area (Å²) >= 11 is 0. The number of piperidine rings is 1. The molecule has 1 heterocycles. The molecule has 0 aliphatic carbocycles. The average Bonchev–Trinajstić information content (AvgIpc) is 2.39. The summed E-state index contributed by atoms with van der Waals surface area (Å²) in [6, 6.07) is 7.72. The molecule has 1 aromatic carbocycles. The van der Waals surface area contributed by atoms with E-state index in [1.54, 1.807) is 7.11 Å². The maximum Gasteiger partial charge on any atom is 0.119 e. The van der Waals surface area contributed by atoms with Gasteiger partial charge < -0.3 is 15.2 Å². The maximum atomic E-state index is 10.3. The van der Waals surface area contributed by atoms with E-state index in [4.69, 9.17) is 4.74 Å². The molecule has 2 N–H and O–H groups in total. The van der Waals surface area contributed by atoms with Crippen molar-refractivity contribution in [3.63, 3.8) is 0 Å². The molecule has 88 valence electrons. The van der Waals surface area contributed by atoms with Gasteiger partial charge >= 0.3 is 0 Å². The Balaban J connectivity index is 2.09. The first kappa shape index (κ1) is 11.4. The van der Waals surface area contributed by atoms with E-state index in [9.17, 15) is 5.11 Å². The Kier molecular flexibility index (Phi) is 3.80. The molecule has 1 aromatic rings. The molecule has 1 aliphatic rings. The van der Waals surface area contributed by atoms with Crippen LogP contribution in [0.1, 0.15) is 24.5 Å². The number of hydrogen-bond acceptors (Lipinski definition) is 3. The van der Waals surface area contributed by atoms with Gasteiger partial charge in [-0.25, -0.2) is 0 Å². The van der Waals surface area contributed by atoms with E-state index in [0.29, 0.717) is 5.92 Å². The van der Waals surface area contributed by atoms with E-state index in [0.717, 1.165) is 37.2 Å². The summed E-state index contributed by atoms with van der Waals surface area (Å²) < 4.78 is 5.17. The van der Waals surface area contributed by atoms with Crippen LogP contribution >= 0.6 is 0 Å². The molecule has 0 spiro atoms. The van der Waals surface area contributed by atoms with Crippen LogP contribution in [0.4, 0.5) is 0 Å². The van der Waals surface area contributed by atoms with Gasteiger partial charge in [-0.3, -0.25) is 0 Å². The quantitative estimate of drug-likeness (QED) is 0.816. The zero-order valence-corrected chi connectivity index (χ0v) is 9.65. The molecular weight excluding hydrogens is 202 g/mol. The summed E-state index contributed by atoms with van der Waals surface area (Å²) in [5, 5.41) is 13.6. The van der Waals surface area contributed by atoms with Crippen molar-refractivity contribution >= 4 is 0 Å². The Labute approximate surface area is 96.4 Å². The third kappa shape index (κ3) is 2.54. The van der Waals surface area contributed by atoms with Gasteiger partial charge in [0.25, 0.3) is 0 Å². The SMILES string of the molecule is COc1cccc([C@@H](O)C2CCNCC2)c1. The monoisotopic (exact) mass is 221 g/mol. The van der Waals surface area contributed by atoms with Crippen molar-refractivity contribution in [2.75, 3.05) is 20.2 Å². The van der Waals surface area contributed by atoms with E-state index in [-0.39, 0.29) is 6.10 Å². The third-order valence-corrected chi connectivity index (χ3v) is 3.27. The highest BCUT2D eigenvalue weighted by atomic mass is 16.5. The minimum Gasteiger partial charge on any atom is -0.497 e. The second kappa shape index (κ2) is 5.32. The lowest BCUT2D eigenvalue weighted by Gasteiger charge is -2.27. The second-order valence-electron chi connectivity index (χ2n) is 4.31. The number of rotatable bonds is 3. The normalized spacial score (nSPS) is 19.4. The van der Waals surface area contributed by atoms with E-state index < -0.39 is 0 Å². The molecule has 3 nitrogen and oxygen atoms in total. The van der Waals surface area contributed by atoms with Crippen LogP contribution < -0.4 is 10.1 Å². The molecule has 3 heteroatoms.